The van der Waals surface area contributed by atoms with Gasteiger partial charge in [-0.25, -0.2) is 0 Å². The summed E-state index contributed by atoms with van der Waals surface area (Å²) in [6, 6.07) is 40.5. The quantitative estimate of drug-likeness (QED) is 0.182. The largest absolute Gasteiger partial charge is 0.417 e. The van der Waals surface area contributed by atoms with Gasteiger partial charge >= 0.3 is 6.18 Å². The van der Waals surface area contributed by atoms with Crippen LogP contribution in [0.2, 0.25) is 0 Å². The molecule has 0 radical (unpaired) electrons. The van der Waals surface area contributed by atoms with E-state index in [1.807, 2.05) is 51.6 Å². The van der Waals surface area contributed by atoms with E-state index >= 15 is 0 Å². The number of benzene rings is 6. The maximum Gasteiger partial charge on any atom is 0.417 e. The van der Waals surface area contributed by atoms with Gasteiger partial charge in [0.05, 0.1) is 44.6 Å². The van der Waals surface area contributed by atoms with Gasteiger partial charge in [-0.15, -0.1) is 0 Å². The smallest absolute Gasteiger partial charge is 0.309 e. The summed E-state index contributed by atoms with van der Waals surface area (Å²) in [6.45, 7) is 12.9. The second-order valence-corrected chi connectivity index (χ2v) is 15.7. The van der Waals surface area contributed by atoms with Crippen LogP contribution in [0.5, 0.6) is 0 Å². The number of halogens is 3. The summed E-state index contributed by atoms with van der Waals surface area (Å²) < 4.78 is 48.9. The average Bonchev–Trinajstić information content (AvgIpc) is 3.62. The van der Waals surface area contributed by atoms with Gasteiger partial charge < -0.3 is 9.13 Å². The average molecular weight is 690 g/mol. The van der Waals surface area contributed by atoms with E-state index in [1.165, 1.54) is 12.1 Å². The fourth-order valence-corrected chi connectivity index (χ4v) is 7.61. The predicted octanol–water partition coefficient (Wildman–Crippen LogP) is 13.0. The van der Waals surface area contributed by atoms with E-state index < -0.39 is 11.7 Å². The van der Waals surface area contributed by atoms with Crippen LogP contribution in [-0.4, -0.2) is 9.13 Å². The first kappa shape index (κ1) is 33.3. The van der Waals surface area contributed by atoms with Crippen LogP contribution in [0.25, 0.3) is 66.1 Å². The molecule has 6 heteroatoms. The molecule has 0 saturated carbocycles. The van der Waals surface area contributed by atoms with E-state index in [4.69, 9.17) is 0 Å². The van der Waals surface area contributed by atoms with Gasteiger partial charge in [-0.2, -0.15) is 18.4 Å². The van der Waals surface area contributed by atoms with Crippen LogP contribution in [0.3, 0.4) is 0 Å². The molecule has 0 aliphatic heterocycles. The summed E-state index contributed by atoms with van der Waals surface area (Å²) in [5.74, 6) is 0. The molecule has 3 nitrogen and oxygen atoms in total. The number of hydrogen-bond donors (Lipinski definition) is 0. The van der Waals surface area contributed by atoms with Gasteiger partial charge in [-0.05, 0) is 70.0 Å². The van der Waals surface area contributed by atoms with Crippen LogP contribution in [-0.2, 0) is 17.0 Å². The Morgan fingerprint density at radius 2 is 0.942 bits per heavy atom. The molecule has 0 fully saturated rings. The third-order valence-electron chi connectivity index (χ3n) is 10.3. The Kier molecular flexibility index (Phi) is 7.45. The highest BCUT2D eigenvalue weighted by atomic mass is 19.4. The number of hydrogen-bond acceptors (Lipinski definition) is 1. The van der Waals surface area contributed by atoms with Crippen LogP contribution >= 0.6 is 0 Å². The molecule has 0 aliphatic rings. The van der Waals surface area contributed by atoms with Crippen molar-refractivity contribution in [2.75, 3.05) is 0 Å². The Labute approximate surface area is 301 Å². The zero-order valence-electron chi connectivity index (χ0n) is 30.0. The Morgan fingerprint density at radius 1 is 0.481 bits per heavy atom. The number of fused-ring (bicyclic) bond motifs is 6. The molecule has 0 bridgehead atoms. The van der Waals surface area contributed by atoms with Crippen LogP contribution in [0.1, 0.15) is 63.8 Å². The fraction of sp³-hybridized carbons (Fsp3) is 0.196. The van der Waals surface area contributed by atoms with E-state index in [9.17, 15) is 18.4 Å². The summed E-state index contributed by atoms with van der Waals surface area (Å²) in [4.78, 5) is 0. The molecule has 0 aliphatic carbocycles. The second kappa shape index (κ2) is 11.6. The predicted molar refractivity (Wildman–Crippen MR) is 208 cm³/mol. The van der Waals surface area contributed by atoms with Gasteiger partial charge in [0.15, 0.2) is 0 Å². The SMILES string of the molecule is CC(C)(C)c1ccc2c3ccccc3n(-c3cc(-c4ccccc4C(F)(F)F)c(-n4c5ccccc5c5ccc(C(C)(C)C)cc54)cc3C#N)c2c1. The highest BCUT2D eigenvalue weighted by Crippen LogP contribution is 2.45. The molecule has 0 atom stereocenters. The maximum absolute atomic E-state index is 14.9. The van der Waals surface area contributed by atoms with E-state index in [0.29, 0.717) is 22.5 Å². The van der Waals surface area contributed by atoms with E-state index in [2.05, 4.69) is 90.1 Å². The van der Waals surface area contributed by atoms with E-state index in [0.717, 1.165) is 60.8 Å². The molecular weight excluding hydrogens is 652 g/mol. The van der Waals surface area contributed by atoms with E-state index in [-0.39, 0.29) is 16.4 Å². The Balaban J connectivity index is 1.56. The summed E-state index contributed by atoms with van der Waals surface area (Å²) in [5, 5.41) is 14.9. The summed E-state index contributed by atoms with van der Waals surface area (Å²) in [5.41, 5.74) is 6.41. The zero-order chi connectivity index (χ0) is 36.7. The van der Waals surface area contributed by atoms with Gasteiger partial charge in [-0.1, -0.05) is 120 Å². The normalized spacial score (nSPS) is 12.7. The topological polar surface area (TPSA) is 33.6 Å². The van der Waals surface area contributed by atoms with E-state index in [1.54, 1.807) is 18.2 Å². The van der Waals surface area contributed by atoms with Gasteiger partial charge in [-0.3, -0.25) is 0 Å². The molecule has 8 rings (SSSR count). The lowest BCUT2D eigenvalue weighted by Crippen LogP contribution is -2.12. The van der Waals surface area contributed by atoms with Crippen LogP contribution < -0.4 is 0 Å². The van der Waals surface area contributed by atoms with Crippen LogP contribution in [0, 0.1) is 11.3 Å². The monoisotopic (exact) mass is 689 g/mol. The number of alkyl halides is 3. The summed E-state index contributed by atoms with van der Waals surface area (Å²) in [7, 11) is 0. The minimum atomic E-state index is -4.61. The first-order valence-electron chi connectivity index (χ1n) is 17.5. The Bertz CT molecular complexity index is 2760. The highest BCUT2D eigenvalue weighted by molar-refractivity contribution is 6.11. The molecule has 0 N–H and O–H groups in total. The maximum atomic E-state index is 14.9. The van der Waals surface area contributed by atoms with Gasteiger partial charge in [0.2, 0.25) is 0 Å². The number of para-hydroxylation sites is 2. The molecular formula is C46H38F3N3. The third kappa shape index (κ3) is 5.26. The van der Waals surface area contributed by atoms with Gasteiger partial charge in [0.25, 0.3) is 0 Å². The first-order valence-corrected chi connectivity index (χ1v) is 17.5. The molecule has 6 aromatic carbocycles. The van der Waals surface area contributed by atoms with Crippen molar-refractivity contribution in [3.8, 4) is 28.6 Å². The molecule has 0 spiro atoms. The Hall–Kier alpha value is -5.80. The van der Waals surface area contributed by atoms with Crippen molar-refractivity contribution in [3.05, 3.63) is 144 Å². The lowest BCUT2D eigenvalue weighted by molar-refractivity contribution is -0.137. The fourth-order valence-electron chi connectivity index (χ4n) is 7.61. The minimum Gasteiger partial charge on any atom is -0.309 e. The van der Waals surface area contributed by atoms with Crippen molar-refractivity contribution in [2.45, 2.75) is 58.5 Å². The molecule has 2 heterocycles. The Morgan fingerprint density at radius 3 is 1.44 bits per heavy atom. The molecule has 8 aromatic rings. The van der Waals surface area contributed by atoms with Crippen molar-refractivity contribution < 1.29 is 13.2 Å². The van der Waals surface area contributed by atoms with Crippen molar-refractivity contribution in [3.63, 3.8) is 0 Å². The van der Waals surface area contributed by atoms with Crippen LogP contribution in [0.15, 0.2) is 121 Å². The number of nitrogens with zero attached hydrogens (tertiary/aromatic N) is 3. The number of nitriles is 1. The first-order chi connectivity index (χ1) is 24.7. The third-order valence-corrected chi connectivity index (χ3v) is 10.3. The molecule has 52 heavy (non-hydrogen) atoms. The molecule has 0 saturated heterocycles. The van der Waals surface area contributed by atoms with Crippen molar-refractivity contribution in [1.82, 2.24) is 9.13 Å². The van der Waals surface area contributed by atoms with Gasteiger partial charge in [0, 0.05) is 27.1 Å². The van der Waals surface area contributed by atoms with Crippen molar-refractivity contribution >= 4 is 43.6 Å². The second-order valence-electron chi connectivity index (χ2n) is 15.7. The molecule has 258 valence electrons. The van der Waals surface area contributed by atoms with Crippen LogP contribution in [0.4, 0.5) is 13.2 Å². The highest BCUT2D eigenvalue weighted by Gasteiger charge is 2.35. The lowest BCUT2D eigenvalue weighted by atomic mass is 9.86. The summed E-state index contributed by atoms with van der Waals surface area (Å²) >= 11 is 0. The molecule has 2 aromatic heterocycles. The standard InChI is InChI=1S/C46H38F3N3/c1-44(2,3)29-19-21-34-32-14-8-11-17-38(32)51(42(34)24-29)40-26-36(31-13-7-10-16-37(31)46(47,48)49)41(23-28(40)27-50)52-39-18-12-9-15-33(39)35-22-20-30(25-43(35)52)45(4,5)6/h7-26H,1-6H3. The molecule has 0 amide bonds. The van der Waals surface area contributed by atoms with Crippen molar-refractivity contribution in [1.29, 1.82) is 5.26 Å². The zero-order valence-corrected chi connectivity index (χ0v) is 30.0. The molecule has 0 unspecified atom stereocenters. The van der Waals surface area contributed by atoms with Crippen molar-refractivity contribution in [2.24, 2.45) is 0 Å². The number of rotatable bonds is 3. The minimum absolute atomic E-state index is 0.0461. The summed E-state index contributed by atoms with van der Waals surface area (Å²) in [6.07, 6.45) is -4.61. The van der Waals surface area contributed by atoms with Gasteiger partial charge in [0.1, 0.15) is 6.07 Å². The lowest BCUT2D eigenvalue weighted by Gasteiger charge is -2.22. The number of aromatic nitrogens is 2.